The molecule has 1 unspecified atom stereocenters. The van der Waals surface area contributed by atoms with Crippen molar-refractivity contribution >= 4 is 10.9 Å². The van der Waals surface area contributed by atoms with Crippen LogP contribution in [0.25, 0.3) is 10.9 Å². The Hall–Kier alpha value is -1.68. The van der Waals surface area contributed by atoms with Gasteiger partial charge in [0.1, 0.15) is 0 Å². The number of piperidine rings is 1. The van der Waals surface area contributed by atoms with Crippen LogP contribution in [0.4, 0.5) is 0 Å². The van der Waals surface area contributed by atoms with Crippen LogP contribution in [0.5, 0.6) is 0 Å². The van der Waals surface area contributed by atoms with Crippen molar-refractivity contribution in [3.8, 4) is 0 Å². The van der Waals surface area contributed by atoms with Crippen LogP contribution < -0.4 is 10.9 Å². The minimum atomic E-state index is 0.0791. The van der Waals surface area contributed by atoms with Crippen LogP contribution >= 0.6 is 0 Å². The normalized spacial score (nSPS) is 19.7. The maximum Gasteiger partial charge on any atom is 0.261 e. The fourth-order valence-corrected chi connectivity index (χ4v) is 2.81. The standard InChI is InChI=1S/C15H19N3O/c1-11-5-4-7-13-14(11)15(19)18(10-17-13)9-12-6-2-3-8-16-12/h4-5,7,10,12,16H,2-3,6,8-9H2,1H3. The summed E-state index contributed by atoms with van der Waals surface area (Å²) in [5.41, 5.74) is 1.87. The van der Waals surface area contributed by atoms with Crippen molar-refractivity contribution in [1.82, 2.24) is 14.9 Å². The van der Waals surface area contributed by atoms with Crippen molar-refractivity contribution < 1.29 is 0 Å². The van der Waals surface area contributed by atoms with Crippen LogP contribution in [0.3, 0.4) is 0 Å². The molecule has 19 heavy (non-hydrogen) atoms. The molecule has 1 aromatic heterocycles. The largest absolute Gasteiger partial charge is 0.312 e. The molecule has 1 saturated heterocycles. The van der Waals surface area contributed by atoms with Gasteiger partial charge >= 0.3 is 0 Å². The van der Waals surface area contributed by atoms with Gasteiger partial charge in [-0.05, 0) is 37.9 Å². The number of hydrogen-bond acceptors (Lipinski definition) is 3. The SMILES string of the molecule is Cc1cccc2ncn(CC3CCCCN3)c(=O)c12. The van der Waals surface area contributed by atoms with E-state index in [9.17, 15) is 4.79 Å². The fourth-order valence-electron chi connectivity index (χ4n) is 2.81. The third-order valence-corrected chi connectivity index (χ3v) is 3.89. The van der Waals surface area contributed by atoms with Crippen LogP contribution in [0.15, 0.2) is 29.3 Å². The summed E-state index contributed by atoms with van der Waals surface area (Å²) in [6, 6.07) is 6.20. The average Bonchev–Trinajstić information content (AvgIpc) is 2.43. The zero-order valence-corrected chi connectivity index (χ0v) is 11.2. The van der Waals surface area contributed by atoms with Crippen LogP contribution in [-0.4, -0.2) is 22.1 Å². The van der Waals surface area contributed by atoms with E-state index in [0.29, 0.717) is 6.04 Å². The fraction of sp³-hybridized carbons (Fsp3) is 0.467. The molecule has 3 rings (SSSR count). The van der Waals surface area contributed by atoms with E-state index in [-0.39, 0.29) is 5.56 Å². The number of aromatic nitrogens is 2. The lowest BCUT2D eigenvalue weighted by Gasteiger charge is -2.24. The van der Waals surface area contributed by atoms with E-state index in [2.05, 4.69) is 10.3 Å². The molecule has 0 amide bonds. The van der Waals surface area contributed by atoms with Crippen LogP contribution in [0.2, 0.25) is 0 Å². The van der Waals surface area contributed by atoms with E-state index >= 15 is 0 Å². The van der Waals surface area contributed by atoms with Crippen LogP contribution in [-0.2, 0) is 6.54 Å². The highest BCUT2D eigenvalue weighted by Gasteiger charge is 2.14. The number of aryl methyl sites for hydroxylation is 1. The van der Waals surface area contributed by atoms with E-state index in [0.717, 1.165) is 36.0 Å². The second-order valence-electron chi connectivity index (χ2n) is 5.32. The third-order valence-electron chi connectivity index (χ3n) is 3.89. The van der Waals surface area contributed by atoms with Gasteiger partial charge in [0.05, 0.1) is 17.2 Å². The van der Waals surface area contributed by atoms with Gasteiger partial charge in [-0.15, -0.1) is 0 Å². The Kier molecular flexibility index (Phi) is 3.34. The van der Waals surface area contributed by atoms with Gasteiger partial charge in [-0.25, -0.2) is 4.98 Å². The van der Waals surface area contributed by atoms with Gasteiger partial charge in [-0.2, -0.15) is 0 Å². The average molecular weight is 257 g/mol. The van der Waals surface area contributed by atoms with Crippen molar-refractivity contribution in [2.45, 2.75) is 38.8 Å². The molecule has 100 valence electrons. The van der Waals surface area contributed by atoms with Gasteiger partial charge < -0.3 is 5.32 Å². The summed E-state index contributed by atoms with van der Waals surface area (Å²) in [7, 11) is 0. The molecule has 0 bridgehead atoms. The van der Waals surface area contributed by atoms with Crippen molar-refractivity contribution in [3.63, 3.8) is 0 Å². The monoisotopic (exact) mass is 257 g/mol. The van der Waals surface area contributed by atoms with Gasteiger partial charge in [-0.1, -0.05) is 18.6 Å². The molecule has 0 saturated carbocycles. The summed E-state index contributed by atoms with van der Waals surface area (Å²) in [6.45, 7) is 3.74. The Bertz CT molecular complexity index is 641. The molecule has 4 nitrogen and oxygen atoms in total. The van der Waals surface area contributed by atoms with E-state index in [4.69, 9.17) is 0 Å². The number of fused-ring (bicyclic) bond motifs is 1. The summed E-state index contributed by atoms with van der Waals surface area (Å²) in [6.07, 6.45) is 5.30. The number of nitrogens with one attached hydrogen (secondary N) is 1. The van der Waals surface area contributed by atoms with Gasteiger partial charge in [0.2, 0.25) is 0 Å². The second kappa shape index (κ2) is 5.13. The first kappa shape index (κ1) is 12.4. The molecular formula is C15H19N3O. The van der Waals surface area contributed by atoms with E-state index in [1.54, 1.807) is 10.9 Å². The highest BCUT2D eigenvalue weighted by Crippen LogP contribution is 2.12. The van der Waals surface area contributed by atoms with Crippen molar-refractivity contribution in [1.29, 1.82) is 0 Å². The lowest BCUT2D eigenvalue weighted by molar-refractivity contribution is 0.359. The first-order valence-electron chi connectivity index (χ1n) is 6.94. The first-order valence-corrected chi connectivity index (χ1v) is 6.94. The van der Waals surface area contributed by atoms with Gasteiger partial charge in [0, 0.05) is 12.6 Å². The first-order chi connectivity index (χ1) is 9.25. The lowest BCUT2D eigenvalue weighted by Crippen LogP contribution is -2.39. The van der Waals surface area contributed by atoms with Gasteiger partial charge in [0.15, 0.2) is 0 Å². The minimum absolute atomic E-state index is 0.0791. The predicted molar refractivity (Wildman–Crippen MR) is 76.4 cm³/mol. The quantitative estimate of drug-likeness (QED) is 0.893. The molecule has 0 aliphatic carbocycles. The maximum atomic E-state index is 12.5. The van der Waals surface area contributed by atoms with Gasteiger partial charge in [-0.3, -0.25) is 9.36 Å². The predicted octanol–water partition coefficient (Wildman–Crippen LogP) is 1.85. The van der Waals surface area contributed by atoms with Crippen LogP contribution in [0, 0.1) is 6.92 Å². The lowest BCUT2D eigenvalue weighted by atomic mass is 10.0. The molecule has 1 atom stereocenters. The summed E-state index contributed by atoms with van der Waals surface area (Å²) >= 11 is 0. The minimum Gasteiger partial charge on any atom is -0.312 e. The molecule has 0 radical (unpaired) electrons. The summed E-state index contributed by atoms with van der Waals surface area (Å²) in [5.74, 6) is 0. The zero-order valence-electron chi connectivity index (χ0n) is 11.2. The molecule has 2 aromatic rings. The Morgan fingerprint density at radius 3 is 3.11 bits per heavy atom. The summed E-state index contributed by atoms with van der Waals surface area (Å²) < 4.78 is 1.75. The van der Waals surface area contributed by atoms with E-state index in [1.165, 1.54) is 12.8 Å². The molecule has 1 N–H and O–H groups in total. The maximum absolute atomic E-state index is 12.5. The summed E-state index contributed by atoms with van der Waals surface area (Å²) in [4.78, 5) is 16.9. The number of hydrogen-bond donors (Lipinski definition) is 1. The van der Waals surface area contributed by atoms with Crippen molar-refractivity contribution in [2.24, 2.45) is 0 Å². The number of benzene rings is 1. The Labute approximate surface area is 112 Å². The molecule has 2 heterocycles. The van der Waals surface area contributed by atoms with Gasteiger partial charge in [0.25, 0.3) is 5.56 Å². The molecule has 1 fully saturated rings. The number of rotatable bonds is 2. The van der Waals surface area contributed by atoms with Crippen LogP contribution in [0.1, 0.15) is 24.8 Å². The van der Waals surface area contributed by atoms with Crippen molar-refractivity contribution in [3.05, 3.63) is 40.4 Å². The second-order valence-corrected chi connectivity index (χ2v) is 5.32. The Morgan fingerprint density at radius 1 is 1.42 bits per heavy atom. The molecule has 1 aromatic carbocycles. The van der Waals surface area contributed by atoms with E-state index in [1.807, 2.05) is 25.1 Å². The Morgan fingerprint density at radius 2 is 2.32 bits per heavy atom. The number of nitrogens with zero attached hydrogens (tertiary/aromatic N) is 2. The summed E-state index contributed by atoms with van der Waals surface area (Å²) in [5, 5.41) is 4.22. The van der Waals surface area contributed by atoms with Crippen molar-refractivity contribution in [2.75, 3.05) is 6.54 Å². The highest BCUT2D eigenvalue weighted by atomic mass is 16.1. The molecule has 1 aliphatic rings. The molecule has 0 spiro atoms. The van der Waals surface area contributed by atoms with E-state index < -0.39 is 0 Å². The third kappa shape index (κ3) is 2.40. The molecule has 4 heteroatoms. The topological polar surface area (TPSA) is 46.9 Å². The zero-order chi connectivity index (χ0) is 13.2. The molecular weight excluding hydrogens is 238 g/mol. The smallest absolute Gasteiger partial charge is 0.261 e. The highest BCUT2D eigenvalue weighted by molar-refractivity contribution is 5.80. The molecule has 1 aliphatic heterocycles. The Balaban J connectivity index is 1.98.